The summed E-state index contributed by atoms with van der Waals surface area (Å²) in [6.45, 7) is -0.243. The number of halogens is 1. The fraction of sp³-hybridized carbons (Fsp3) is 0.250. The molecule has 2 aliphatic heterocycles. The SMILES string of the molecule is COc1ccc(NC(=O)CN2N=N[C@@H]3C(=O)N(c4ccc(OC)c(Cl)c4)C(=O)[C@H]32)cc1. The summed E-state index contributed by atoms with van der Waals surface area (Å²) < 4.78 is 10.2. The highest BCUT2D eigenvalue weighted by Gasteiger charge is 2.55. The number of benzene rings is 2. The fourth-order valence-electron chi connectivity index (χ4n) is 3.42. The van der Waals surface area contributed by atoms with Crippen molar-refractivity contribution in [1.29, 1.82) is 0 Å². The van der Waals surface area contributed by atoms with Crippen molar-refractivity contribution in [2.45, 2.75) is 12.1 Å². The minimum atomic E-state index is -1.01. The van der Waals surface area contributed by atoms with Crippen molar-refractivity contribution in [1.82, 2.24) is 5.01 Å². The van der Waals surface area contributed by atoms with Crippen molar-refractivity contribution >= 4 is 40.7 Å². The lowest BCUT2D eigenvalue weighted by Gasteiger charge is -2.20. The molecule has 2 aliphatic rings. The molecule has 1 saturated heterocycles. The third-order valence-corrected chi connectivity index (χ3v) is 5.23. The van der Waals surface area contributed by atoms with Crippen molar-refractivity contribution in [2.24, 2.45) is 10.3 Å². The zero-order chi connectivity index (χ0) is 22.1. The summed E-state index contributed by atoms with van der Waals surface area (Å²) in [6.07, 6.45) is 0. The minimum Gasteiger partial charge on any atom is -0.497 e. The van der Waals surface area contributed by atoms with E-state index in [0.29, 0.717) is 22.9 Å². The number of fused-ring (bicyclic) bond motifs is 1. The van der Waals surface area contributed by atoms with Crippen LogP contribution < -0.4 is 19.7 Å². The second kappa shape index (κ2) is 8.23. The van der Waals surface area contributed by atoms with Gasteiger partial charge in [0.2, 0.25) is 5.91 Å². The second-order valence-corrected chi connectivity index (χ2v) is 7.21. The quantitative estimate of drug-likeness (QED) is 0.685. The Hall–Kier alpha value is -3.66. The number of ether oxygens (including phenoxy) is 2. The zero-order valence-electron chi connectivity index (χ0n) is 16.6. The van der Waals surface area contributed by atoms with Gasteiger partial charge in [0.15, 0.2) is 12.1 Å². The number of carbonyl (C=O) groups is 3. The molecule has 0 spiro atoms. The smallest absolute Gasteiger partial charge is 0.263 e. The summed E-state index contributed by atoms with van der Waals surface area (Å²) in [6, 6.07) is 9.37. The highest BCUT2D eigenvalue weighted by atomic mass is 35.5. The molecule has 0 aliphatic carbocycles. The molecule has 31 heavy (non-hydrogen) atoms. The molecule has 2 heterocycles. The molecule has 2 atom stereocenters. The van der Waals surface area contributed by atoms with Crippen molar-refractivity contribution in [3.8, 4) is 11.5 Å². The normalized spacial score (nSPS) is 19.6. The number of methoxy groups -OCH3 is 2. The molecule has 10 nitrogen and oxygen atoms in total. The monoisotopic (exact) mass is 443 g/mol. The predicted molar refractivity (Wildman–Crippen MR) is 111 cm³/mol. The van der Waals surface area contributed by atoms with Gasteiger partial charge in [0.1, 0.15) is 18.0 Å². The van der Waals surface area contributed by atoms with Crippen LogP contribution in [0.25, 0.3) is 0 Å². The van der Waals surface area contributed by atoms with Crippen LogP contribution in [0.2, 0.25) is 5.02 Å². The van der Waals surface area contributed by atoms with Gasteiger partial charge >= 0.3 is 0 Å². The Kier molecular flexibility index (Phi) is 5.47. The zero-order valence-corrected chi connectivity index (χ0v) is 17.4. The Morgan fingerprint density at radius 1 is 1.10 bits per heavy atom. The maximum absolute atomic E-state index is 13.0. The van der Waals surface area contributed by atoms with Gasteiger partial charge in [-0.3, -0.25) is 19.4 Å². The molecule has 0 radical (unpaired) electrons. The van der Waals surface area contributed by atoms with Gasteiger partial charge in [-0.05, 0) is 42.5 Å². The lowest BCUT2D eigenvalue weighted by Crippen LogP contribution is -2.43. The average Bonchev–Trinajstić information content (AvgIpc) is 3.28. The first-order chi connectivity index (χ1) is 14.9. The summed E-state index contributed by atoms with van der Waals surface area (Å²) in [5.41, 5.74) is 0.856. The topological polar surface area (TPSA) is 113 Å². The van der Waals surface area contributed by atoms with Crippen LogP contribution in [0.15, 0.2) is 52.8 Å². The molecular formula is C20H18ClN5O5. The van der Waals surface area contributed by atoms with Crippen molar-refractivity contribution in [3.63, 3.8) is 0 Å². The molecule has 0 unspecified atom stereocenters. The summed E-state index contributed by atoms with van der Waals surface area (Å²) in [4.78, 5) is 39.2. The Balaban J connectivity index is 1.47. The first-order valence-corrected chi connectivity index (χ1v) is 9.63. The maximum atomic E-state index is 13.0. The molecule has 0 bridgehead atoms. The van der Waals surface area contributed by atoms with Gasteiger partial charge in [0, 0.05) is 5.69 Å². The van der Waals surface area contributed by atoms with E-state index in [1.807, 2.05) is 0 Å². The van der Waals surface area contributed by atoms with Crippen LogP contribution in [-0.4, -0.2) is 55.6 Å². The highest BCUT2D eigenvalue weighted by Crippen LogP contribution is 2.35. The summed E-state index contributed by atoms with van der Waals surface area (Å²) in [7, 11) is 3.01. The molecule has 0 aromatic heterocycles. The summed E-state index contributed by atoms with van der Waals surface area (Å²) in [5, 5.41) is 12.0. The number of hydrogen-bond donors (Lipinski definition) is 1. The van der Waals surface area contributed by atoms with Gasteiger partial charge in [-0.25, -0.2) is 4.90 Å². The Labute approximate surface area is 182 Å². The van der Waals surface area contributed by atoms with Crippen LogP contribution in [0.5, 0.6) is 11.5 Å². The first kappa shape index (κ1) is 20.6. The molecule has 1 N–H and O–H groups in total. The maximum Gasteiger partial charge on any atom is 0.263 e. The second-order valence-electron chi connectivity index (χ2n) is 6.80. The third kappa shape index (κ3) is 3.77. The lowest BCUT2D eigenvalue weighted by atomic mass is 10.1. The van der Waals surface area contributed by atoms with Gasteiger partial charge < -0.3 is 14.8 Å². The molecule has 160 valence electrons. The molecule has 0 saturated carbocycles. The van der Waals surface area contributed by atoms with Crippen LogP contribution in [0.4, 0.5) is 11.4 Å². The minimum absolute atomic E-state index is 0.243. The van der Waals surface area contributed by atoms with Crippen molar-refractivity contribution < 1.29 is 23.9 Å². The molecule has 4 rings (SSSR count). The standard InChI is InChI=1S/C20H18ClN5O5/c1-30-13-6-3-11(4-7-13)22-16(27)10-25-18-17(23-24-25)19(28)26(20(18)29)12-5-8-15(31-2)14(21)9-12/h3-9,17-18H,10H2,1-2H3,(H,22,27)/t17-,18-/m0/s1. The fourth-order valence-corrected chi connectivity index (χ4v) is 3.68. The van der Waals surface area contributed by atoms with E-state index in [-0.39, 0.29) is 11.6 Å². The molecule has 3 amide bonds. The Bertz CT molecular complexity index is 1070. The highest BCUT2D eigenvalue weighted by molar-refractivity contribution is 6.33. The van der Waals surface area contributed by atoms with E-state index in [2.05, 4.69) is 15.7 Å². The van der Waals surface area contributed by atoms with E-state index in [1.165, 1.54) is 18.2 Å². The Morgan fingerprint density at radius 2 is 1.84 bits per heavy atom. The number of rotatable bonds is 6. The van der Waals surface area contributed by atoms with E-state index in [4.69, 9.17) is 21.1 Å². The Morgan fingerprint density at radius 3 is 2.48 bits per heavy atom. The molecule has 2 aromatic rings. The third-order valence-electron chi connectivity index (χ3n) is 4.93. The van der Waals surface area contributed by atoms with Gasteiger partial charge in [-0.2, -0.15) is 5.11 Å². The molecule has 1 fully saturated rings. The molecule has 2 aromatic carbocycles. The summed E-state index contributed by atoms with van der Waals surface area (Å²) in [5.74, 6) is -0.392. The van der Waals surface area contributed by atoms with Gasteiger partial charge in [0.05, 0.1) is 24.9 Å². The van der Waals surface area contributed by atoms with E-state index >= 15 is 0 Å². The lowest BCUT2D eigenvalue weighted by molar-refractivity contribution is -0.123. The van der Waals surface area contributed by atoms with Crippen LogP contribution in [0, 0.1) is 0 Å². The predicted octanol–water partition coefficient (Wildman–Crippen LogP) is 2.29. The number of amides is 3. The van der Waals surface area contributed by atoms with Gasteiger partial charge in [-0.15, -0.1) is 0 Å². The summed E-state index contributed by atoms with van der Waals surface area (Å²) >= 11 is 6.13. The van der Waals surface area contributed by atoms with Crippen molar-refractivity contribution in [2.75, 3.05) is 31.0 Å². The van der Waals surface area contributed by atoms with Crippen LogP contribution in [-0.2, 0) is 14.4 Å². The number of anilines is 2. The number of carbonyl (C=O) groups excluding carboxylic acids is 3. The molecular weight excluding hydrogens is 426 g/mol. The van der Waals surface area contributed by atoms with E-state index in [1.54, 1.807) is 43.5 Å². The van der Waals surface area contributed by atoms with Crippen LogP contribution in [0.3, 0.4) is 0 Å². The first-order valence-electron chi connectivity index (χ1n) is 9.25. The van der Waals surface area contributed by atoms with E-state index < -0.39 is 29.8 Å². The van der Waals surface area contributed by atoms with E-state index in [0.717, 1.165) is 4.90 Å². The van der Waals surface area contributed by atoms with Crippen LogP contribution >= 0.6 is 11.6 Å². The number of hydrogen-bond acceptors (Lipinski definition) is 8. The largest absolute Gasteiger partial charge is 0.497 e. The van der Waals surface area contributed by atoms with E-state index in [9.17, 15) is 14.4 Å². The van der Waals surface area contributed by atoms with Crippen LogP contribution in [0.1, 0.15) is 0 Å². The average molecular weight is 444 g/mol. The number of imide groups is 1. The number of nitrogens with zero attached hydrogens (tertiary/aromatic N) is 4. The van der Waals surface area contributed by atoms with Gasteiger partial charge in [0.25, 0.3) is 11.8 Å². The van der Waals surface area contributed by atoms with Crippen molar-refractivity contribution in [3.05, 3.63) is 47.5 Å². The number of nitrogens with one attached hydrogen (secondary N) is 1. The van der Waals surface area contributed by atoms with Gasteiger partial charge in [-0.1, -0.05) is 16.8 Å². The molecule has 11 heteroatoms.